The number of aromatic nitrogens is 3. The first-order valence-electron chi connectivity index (χ1n) is 9.59. The van der Waals surface area contributed by atoms with E-state index in [1.54, 1.807) is 12.4 Å². The third-order valence-corrected chi connectivity index (χ3v) is 5.51. The molecule has 1 aliphatic carbocycles. The van der Waals surface area contributed by atoms with Crippen LogP contribution in [-0.2, 0) is 6.54 Å². The molecular formula is C20H25N5O2. The second kappa shape index (κ2) is 7.60. The largest absolute Gasteiger partial charge is 0.331 e. The van der Waals surface area contributed by atoms with Gasteiger partial charge in [0.15, 0.2) is 0 Å². The average molecular weight is 367 g/mol. The molecule has 2 aliphatic rings. The molecule has 0 atom stereocenters. The summed E-state index contributed by atoms with van der Waals surface area (Å²) < 4.78 is 0. The lowest BCUT2D eigenvalue weighted by Crippen LogP contribution is -2.47. The molecule has 0 unspecified atom stereocenters. The lowest BCUT2D eigenvalue weighted by molar-refractivity contribution is 0.0567. The van der Waals surface area contributed by atoms with Crippen LogP contribution >= 0.6 is 0 Å². The Balaban J connectivity index is 1.60. The summed E-state index contributed by atoms with van der Waals surface area (Å²) in [5, 5.41) is 0. The molecule has 0 radical (unpaired) electrons. The molecule has 1 saturated heterocycles. The van der Waals surface area contributed by atoms with Crippen LogP contribution in [0.5, 0.6) is 0 Å². The van der Waals surface area contributed by atoms with E-state index in [0.717, 1.165) is 44.3 Å². The Kier molecular flexibility index (Phi) is 5.03. The van der Waals surface area contributed by atoms with Gasteiger partial charge in [-0.25, -0.2) is 4.98 Å². The molecule has 3 heterocycles. The highest BCUT2D eigenvalue weighted by Gasteiger charge is 2.31. The molecule has 2 aromatic rings. The van der Waals surface area contributed by atoms with Gasteiger partial charge in [-0.05, 0) is 63.5 Å². The van der Waals surface area contributed by atoms with E-state index in [-0.39, 0.29) is 23.1 Å². The Morgan fingerprint density at radius 2 is 1.93 bits per heavy atom. The number of hydrogen-bond donors (Lipinski definition) is 1. The lowest BCUT2D eigenvalue weighted by atomic mass is 10.0. The van der Waals surface area contributed by atoms with Crippen molar-refractivity contribution in [3.63, 3.8) is 0 Å². The van der Waals surface area contributed by atoms with Gasteiger partial charge >= 0.3 is 0 Å². The number of piperidine rings is 1. The molecule has 4 rings (SSSR count). The maximum absolute atomic E-state index is 13.3. The number of hydrogen-bond acceptors (Lipinski definition) is 5. The number of H-pyrrole nitrogens is 1. The second-order valence-electron chi connectivity index (χ2n) is 7.61. The second-order valence-corrected chi connectivity index (χ2v) is 7.61. The highest BCUT2D eigenvalue weighted by molar-refractivity contribution is 5.93. The number of pyridine rings is 1. The van der Waals surface area contributed by atoms with Crippen molar-refractivity contribution in [3.8, 4) is 0 Å². The minimum absolute atomic E-state index is 0.115. The van der Waals surface area contributed by atoms with Crippen LogP contribution in [0, 0.1) is 0 Å². The monoisotopic (exact) mass is 367 g/mol. The Labute approximate surface area is 158 Å². The molecule has 1 saturated carbocycles. The zero-order valence-corrected chi connectivity index (χ0v) is 15.6. The number of amides is 1. The van der Waals surface area contributed by atoms with Crippen molar-refractivity contribution in [1.29, 1.82) is 0 Å². The molecule has 7 heteroatoms. The maximum Gasteiger partial charge on any atom is 0.263 e. The molecule has 0 spiro atoms. The van der Waals surface area contributed by atoms with Crippen molar-refractivity contribution in [2.24, 2.45) is 0 Å². The summed E-state index contributed by atoms with van der Waals surface area (Å²) in [4.78, 5) is 41.1. The Morgan fingerprint density at radius 1 is 1.22 bits per heavy atom. The van der Waals surface area contributed by atoms with Crippen LogP contribution in [0.4, 0.5) is 0 Å². The van der Waals surface area contributed by atoms with Crippen LogP contribution in [0.25, 0.3) is 0 Å². The summed E-state index contributed by atoms with van der Waals surface area (Å²) in [6.07, 6.45) is 8.83. The van der Waals surface area contributed by atoms with E-state index in [1.807, 2.05) is 17.0 Å². The predicted molar refractivity (Wildman–Crippen MR) is 101 cm³/mol. The van der Waals surface area contributed by atoms with E-state index in [9.17, 15) is 9.59 Å². The van der Waals surface area contributed by atoms with Crippen LogP contribution in [0.15, 0.2) is 35.5 Å². The molecule has 142 valence electrons. The molecule has 27 heavy (non-hydrogen) atoms. The minimum Gasteiger partial charge on any atom is -0.331 e. The zero-order valence-electron chi connectivity index (χ0n) is 15.6. The number of likely N-dealkylation sites (tertiary alicyclic amines) is 1. The molecule has 1 aliphatic heterocycles. The molecule has 2 fully saturated rings. The summed E-state index contributed by atoms with van der Waals surface area (Å²) in [7, 11) is 2.09. The van der Waals surface area contributed by atoms with E-state index in [0.29, 0.717) is 18.3 Å². The van der Waals surface area contributed by atoms with Crippen LogP contribution in [0.3, 0.4) is 0 Å². The number of nitrogens with one attached hydrogen (secondary N) is 1. The van der Waals surface area contributed by atoms with Gasteiger partial charge < -0.3 is 14.8 Å². The zero-order chi connectivity index (χ0) is 18.8. The summed E-state index contributed by atoms with van der Waals surface area (Å²) in [6, 6.07) is 3.94. The molecule has 7 nitrogen and oxygen atoms in total. The van der Waals surface area contributed by atoms with Gasteiger partial charge in [-0.1, -0.05) is 0 Å². The summed E-state index contributed by atoms with van der Waals surface area (Å²) in [6.45, 7) is 2.36. The fourth-order valence-corrected chi connectivity index (χ4v) is 3.64. The van der Waals surface area contributed by atoms with E-state index in [2.05, 4.69) is 26.9 Å². The predicted octanol–water partition coefficient (Wildman–Crippen LogP) is 1.78. The Hall–Kier alpha value is -2.54. The van der Waals surface area contributed by atoms with Gasteiger partial charge in [-0.2, -0.15) is 0 Å². The first kappa shape index (κ1) is 17.9. The topological polar surface area (TPSA) is 82.2 Å². The van der Waals surface area contributed by atoms with Gasteiger partial charge in [0.25, 0.3) is 11.5 Å². The first-order chi connectivity index (χ1) is 13.1. The van der Waals surface area contributed by atoms with E-state index in [4.69, 9.17) is 0 Å². The van der Waals surface area contributed by atoms with Crippen LogP contribution < -0.4 is 5.56 Å². The van der Waals surface area contributed by atoms with Crippen molar-refractivity contribution >= 4 is 5.91 Å². The van der Waals surface area contributed by atoms with Crippen molar-refractivity contribution in [1.82, 2.24) is 24.8 Å². The van der Waals surface area contributed by atoms with E-state index >= 15 is 0 Å². The lowest BCUT2D eigenvalue weighted by Gasteiger charge is -2.37. The SMILES string of the molecule is CN1CCC(N(Cc2ccncc2)C(=O)c2cnc(C3CC3)[nH]c2=O)CC1. The minimum atomic E-state index is -0.329. The molecule has 0 aromatic carbocycles. The standard InChI is InChI=1S/C20H25N5O2/c1-24-10-6-16(7-11-24)25(13-14-4-8-21-9-5-14)20(27)17-12-22-18(15-2-3-15)23-19(17)26/h4-5,8-9,12,15-16H,2-3,6-7,10-11,13H2,1H3,(H,22,23,26). The van der Waals surface area contributed by atoms with Crippen molar-refractivity contribution in [2.75, 3.05) is 20.1 Å². The highest BCUT2D eigenvalue weighted by Crippen LogP contribution is 2.37. The molecule has 0 bridgehead atoms. The van der Waals surface area contributed by atoms with Gasteiger partial charge in [0.05, 0.1) is 0 Å². The van der Waals surface area contributed by atoms with Crippen molar-refractivity contribution in [3.05, 3.63) is 58.0 Å². The molecule has 1 amide bonds. The van der Waals surface area contributed by atoms with Crippen LogP contribution in [-0.4, -0.2) is 56.8 Å². The molecule has 2 aromatic heterocycles. The normalized spacial score (nSPS) is 18.4. The fraction of sp³-hybridized carbons (Fsp3) is 0.500. The van der Waals surface area contributed by atoms with Gasteiger partial charge in [0.2, 0.25) is 0 Å². The van der Waals surface area contributed by atoms with Crippen molar-refractivity contribution < 1.29 is 4.79 Å². The summed E-state index contributed by atoms with van der Waals surface area (Å²) in [5.74, 6) is 0.817. The summed E-state index contributed by atoms with van der Waals surface area (Å²) in [5.41, 5.74) is 0.813. The van der Waals surface area contributed by atoms with Crippen LogP contribution in [0.1, 0.15) is 53.3 Å². The maximum atomic E-state index is 13.3. The Bertz CT molecular complexity index is 854. The third kappa shape index (κ3) is 4.08. The number of rotatable bonds is 5. The number of aromatic amines is 1. The van der Waals surface area contributed by atoms with E-state index in [1.165, 1.54) is 6.20 Å². The Morgan fingerprint density at radius 3 is 2.56 bits per heavy atom. The summed E-state index contributed by atoms with van der Waals surface area (Å²) >= 11 is 0. The highest BCUT2D eigenvalue weighted by atomic mass is 16.2. The number of carbonyl (C=O) groups excluding carboxylic acids is 1. The average Bonchev–Trinajstić information content (AvgIpc) is 3.52. The van der Waals surface area contributed by atoms with Gasteiger partial charge in [0, 0.05) is 37.1 Å². The first-order valence-corrected chi connectivity index (χ1v) is 9.59. The molecule has 1 N–H and O–H groups in total. The molecular weight excluding hydrogens is 342 g/mol. The van der Waals surface area contributed by atoms with E-state index < -0.39 is 0 Å². The quantitative estimate of drug-likeness (QED) is 0.871. The van der Waals surface area contributed by atoms with Gasteiger partial charge in [-0.15, -0.1) is 0 Å². The fourth-order valence-electron chi connectivity index (χ4n) is 3.64. The number of nitrogens with zero attached hydrogens (tertiary/aromatic N) is 4. The third-order valence-electron chi connectivity index (χ3n) is 5.51. The van der Waals surface area contributed by atoms with Gasteiger partial charge in [0.1, 0.15) is 11.4 Å². The smallest absolute Gasteiger partial charge is 0.263 e. The van der Waals surface area contributed by atoms with Gasteiger partial charge in [-0.3, -0.25) is 14.6 Å². The van der Waals surface area contributed by atoms with Crippen LogP contribution in [0.2, 0.25) is 0 Å². The number of carbonyl (C=O) groups is 1. The van der Waals surface area contributed by atoms with Crippen molar-refractivity contribution in [2.45, 2.75) is 44.2 Å².